The highest BCUT2D eigenvalue weighted by Crippen LogP contribution is 2.15. The summed E-state index contributed by atoms with van der Waals surface area (Å²) in [5, 5.41) is 0. The van der Waals surface area contributed by atoms with Gasteiger partial charge < -0.3 is 10.5 Å². The second-order valence-electron chi connectivity index (χ2n) is 5.30. The summed E-state index contributed by atoms with van der Waals surface area (Å²) in [6, 6.07) is 0. The third-order valence-corrected chi connectivity index (χ3v) is 3.33. The number of amides is 1. The minimum absolute atomic E-state index is 0.0854. The van der Waals surface area contributed by atoms with Gasteiger partial charge in [0.1, 0.15) is 5.76 Å². The number of carbonyl (C=O) groups is 2. The number of ether oxygens (including phenoxy) is 1. The van der Waals surface area contributed by atoms with Gasteiger partial charge in [-0.3, -0.25) is 9.59 Å². The van der Waals surface area contributed by atoms with Crippen molar-refractivity contribution in [2.45, 2.75) is 33.1 Å². The summed E-state index contributed by atoms with van der Waals surface area (Å²) in [7, 11) is 0. The monoisotopic (exact) mass is 341 g/mol. The number of allylic oxidation sites excluding steroid dienone is 7. The van der Waals surface area contributed by atoms with Crippen LogP contribution < -0.4 is 5.73 Å². The molecule has 2 N–H and O–H groups in total. The Bertz CT molecular complexity index is 657. The molecule has 0 saturated heterocycles. The molecule has 0 rings (SSSR count). The van der Waals surface area contributed by atoms with Crippen molar-refractivity contribution < 1.29 is 14.3 Å². The highest BCUT2D eigenvalue weighted by molar-refractivity contribution is 5.96. The first-order chi connectivity index (χ1) is 11.8. The van der Waals surface area contributed by atoms with E-state index in [9.17, 15) is 9.59 Å². The molecule has 1 amide bonds. The minimum Gasteiger partial charge on any atom is -0.487 e. The number of primary amides is 1. The second kappa shape index (κ2) is 12.6. The molecule has 0 aromatic rings. The Morgan fingerprint density at radius 2 is 1.80 bits per heavy atom. The number of Topliss-reactive ketones (excluding diaryl/α,β-unsaturated/α-hetero) is 1. The maximum Gasteiger partial charge on any atom is 0.255 e. The number of carbonyl (C=O) groups excluding carboxylic acids is 2. The third kappa shape index (κ3) is 9.80. The largest absolute Gasteiger partial charge is 0.487 e. The fourth-order valence-electron chi connectivity index (χ4n) is 1.75. The van der Waals surface area contributed by atoms with Crippen LogP contribution in [0.3, 0.4) is 0 Å². The quantitative estimate of drug-likeness (QED) is 0.191. The topological polar surface area (TPSA) is 69.4 Å². The van der Waals surface area contributed by atoms with Gasteiger partial charge >= 0.3 is 0 Å². The molecule has 0 saturated carbocycles. The second-order valence-corrected chi connectivity index (χ2v) is 5.30. The van der Waals surface area contributed by atoms with E-state index in [2.05, 4.69) is 25.5 Å². The van der Waals surface area contributed by atoms with Gasteiger partial charge in [-0.1, -0.05) is 38.0 Å². The van der Waals surface area contributed by atoms with Gasteiger partial charge in [-0.25, -0.2) is 0 Å². The van der Waals surface area contributed by atoms with Gasteiger partial charge in [0, 0.05) is 18.4 Å². The summed E-state index contributed by atoms with van der Waals surface area (Å²) in [6.07, 6.45) is 9.98. The van der Waals surface area contributed by atoms with E-state index in [4.69, 9.17) is 10.5 Å². The average molecular weight is 341 g/mol. The molecule has 0 unspecified atom stereocenters. The Morgan fingerprint density at radius 1 is 1.16 bits per heavy atom. The molecular formula is C21H27NO3. The molecule has 4 heteroatoms. The van der Waals surface area contributed by atoms with Gasteiger partial charge in [-0.15, -0.1) is 5.73 Å². The molecule has 0 aromatic carbocycles. The van der Waals surface area contributed by atoms with E-state index in [0.29, 0.717) is 24.2 Å². The molecule has 0 bridgehead atoms. The third-order valence-electron chi connectivity index (χ3n) is 3.33. The number of hydrogen-bond acceptors (Lipinski definition) is 3. The van der Waals surface area contributed by atoms with Gasteiger partial charge in [0.25, 0.3) is 5.91 Å². The van der Waals surface area contributed by atoms with Crippen LogP contribution in [-0.2, 0) is 14.3 Å². The zero-order valence-corrected chi connectivity index (χ0v) is 15.1. The molecule has 0 aliphatic heterocycles. The summed E-state index contributed by atoms with van der Waals surface area (Å²) in [5.74, 6) is -0.248. The molecule has 0 radical (unpaired) electrons. The Morgan fingerprint density at radius 3 is 2.36 bits per heavy atom. The Kier molecular flexibility index (Phi) is 11.1. The van der Waals surface area contributed by atoms with E-state index in [1.54, 1.807) is 31.2 Å². The van der Waals surface area contributed by atoms with E-state index < -0.39 is 5.91 Å². The summed E-state index contributed by atoms with van der Waals surface area (Å²) in [6.45, 7) is 14.6. The first kappa shape index (κ1) is 22.2. The fourth-order valence-corrected chi connectivity index (χ4v) is 1.75. The number of rotatable bonds is 12. The molecular weight excluding hydrogens is 314 g/mol. The van der Waals surface area contributed by atoms with Crippen molar-refractivity contribution in [3.63, 3.8) is 0 Å². The fraction of sp³-hybridized carbons (Fsp3) is 0.286. The van der Waals surface area contributed by atoms with Crippen LogP contribution in [0.4, 0.5) is 0 Å². The SMILES string of the molecule is C=CC(=C)C(=C)C/C=C/CC(=O)/C(C)=C(\CC=C=CC)OCC(N)=O. The van der Waals surface area contributed by atoms with Crippen LogP contribution in [0, 0.1) is 0 Å². The van der Waals surface area contributed by atoms with E-state index >= 15 is 0 Å². The van der Waals surface area contributed by atoms with Crippen LogP contribution >= 0.6 is 0 Å². The van der Waals surface area contributed by atoms with Gasteiger partial charge in [-0.2, -0.15) is 0 Å². The molecule has 0 fully saturated rings. The Balaban J connectivity index is 4.92. The van der Waals surface area contributed by atoms with Crippen LogP contribution in [-0.4, -0.2) is 18.3 Å². The van der Waals surface area contributed by atoms with Crippen LogP contribution in [0.1, 0.15) is 33.1 Å². The first-order valence-corrected chi connectivity index (χ1v) is 7.97. The highest BCUT2D eigenvalue weighted by Gasteiger charge is 2.11. The van der Waals surface area contributed by atoms with Crippen LogP contribution in [0.5, 0.6) is 0 Å². The lowest BCUT2D eigenvalue weighted by molar-refractivity contribution is -0.121. The normalized spacial score (nSPS) is 11.1. The molecule has 4 nitrogen and oxygen atoms in total. The summed E-state index contributed by atoms with van der Waals surface area (Å²) >= 11 is 0. The zero-order valence-electron chi connectivity index (χ0n) is 15.1. The van der Waals surface area contributed by atoms with Crippen molar-refractivity contribution in [2.24, 2.45) is 5.73 Å². The zero-order chi connectivity index (χ0) is 19.2. The number of nitrogens with two attached hydrogens (primary N) is 1. The molecule has 134 valence electrons. The van der Waals surface area contributed by atoms with Gasteiger partial charge in [-0.05, 0) is 43.6 Å². The lowest BCUT2D eigenvalue weighted by Crippen LogP contribution is -2.18. The minimum atomic E-state index is -0.589. The van der Waals surface area contributed by atoms with Crippen molar-refractivity contribution in [3.05, 3.63) is 78.3 Å². The standard InChI is InChI=1S/C21H27NO3/c1-6-8-9-14-20(25-15-21(22)24)18(5)19(23)13-11-10-12-17(4)16(3)7-2/h6-7,9-11H,2-4,12-15H2,1,5H3,(H2,22,24)/b11-10+,20-18+. The number of ketones is 1. The predicted molar refractivity (Wildman–Crippen MR) is 103 cm³/mol. The lowest BCUT2D eigenvalue weighted by atomic mass is 10.0. The average Bonchev–Trinajstić information content (AvgIpc) is 2.59. The Hall–Kier alpha value is -2.84. The van der Waals surface area contributed by atoms with Crippen molar-refractivity contribution in [1.29, 1.82) is 0 Å². The molecule has 25 heavy (non-hydrogen) atoms. The summed E-state index contributed by atoms with van der Waals surface area (Å²) in [4.78, 5) is 23.2. The van der Waals surface area contributed by atoms with Crippen molar-refractivity contribution in [2.75, 3.05) is 6.61 Å². The van der Waals surface area contributed by atoms with Crippen LogP contribution in [0.15, 0.2) is 78.3 Å². The van der Waals surface area contributed by atoms with Crippen molar-refractivity contribution in [3.8, 4) is 0 Å². The number of hydrogen-bond donors (Lipinski definition) is 1. The maximum atomic E-state index is 12.3. The molecule has 0 heterocycles. The van der Waals surface area contributed by atoms with E-state index in [1.807, 2.05) is 13.0 Å². The molecule has 0 spiro atoms. The van der Waals surface area contributed by atoms with Gasteiger partial charge in [0.05, 0.1) is 0 Å². The van der Waals surface area contributed by atoms with E-state index in [1.165, 1.54) is 0 Å². The highest BCUT2D eigenvalue weighted by atomic mass is 16.5. The molecule has 0 aliphatic carbocycles. The van der Waals surface area contributed by atoms with Gasteiger partial charge in [0.15, 0.2) is 12.4 Å². The molecule has 0 aliphatic rings. The van der Waals surface area contributed by atoms with Crippen molar-refractivity contribution >= 4 is 11.7 Å². The van der Waals surface area contributed by atoms with E-state index in [-0.39, 0.29) is 18.8 Å². The summed E-state index contributed by atoms with van der Waals surface area (Å²) in [5.41, 5.74) is 10.1. The van der Waals surface area contributed by atoms with Crippen LogP contribution in [0.2, 0.25) is 0 Å². The Labute approximate surface area is 150 Å². The molecule has 0 aromatic heterocycles. The lowest BCUT2D eigenvalue weighted by Gasteiger charge is -2.10. The smallest absolute Gasteiger partial charge is 0.255 e. The first-order valence-electron chi connectivity index (χ1n) is 7.97. The maximum absolute atomic E-state index is 12.3. The van der Waals surface area contributed by atoms with Crippen LogP contribution in [0.25, 0.3) is 0 Å². The van der Waals surface area contributed by atoms with Crippen molar-refractivity contribution in [1.82, 2.24) is 0 Å². The molecule has 0 atom stereocenters. The van der Waals surface area contributed by atoms with Gasteiger partial charge in [0.2, 0.25) is 0 Å². The predicted octanol–water partition coefficient (Wildman–Crippen LogP) is 4.09. The van der Waals surface area contributed by atoms with E-state index in [0.717, 1.165) is 11.1 Å². The summed E-state index contributed by atoms with van der Waals surface area (Å²) < 4.78 is 5.36.